The molecule has 0 radical (unpaired) electrons. The molecule has 2 unspecified atom stereocenters. The first-order valence-corrected chi connectivity index (χ1v) is 6.94. The summed E-state index contributed by atoms with van der Waals surface area (Å²) >= 11 is 0. The van der Waals surface area contributed by atoms with Crippen molar-refractivity contribution in [3.63, 3.8) is 0 Å². The van der Waals surface area contributed by atoms with Gasteiger partial charge in [-0.2, -0.15) is 0 Å². The van der Waals surface area contributed by atoms with Gasteiger partial charge >= 0.3 is 0 Å². The average molecular weight is 263 g/mol. The molecule has 1 aromatic carbocycles. The zero-order chi connectivity index (χ0) is 13.6. The number of hydrogen-bond donors (Lipinski definition) is 1. The summed E-state index contributed by atoms with van der Waals surface area (Å²) < 4.78 is 12.0. The predicted molar refractivity (Wildman–Crippen MR) is 72.6 cm³/mol. The number of hydrogen-bond acceptors (Lipinski definition) is 4. The normalized spacial score (nSPS) is 23.8. The van der Waals surface area contributed by atoms with Crippen LogP contribution >= 0.6 is 0 Å². The fourth-order valence-corrected chi connectivity index (χ4v) is 3.24. The minimum atomic E-state index is 0.242. The highest BCUT2D eigenvalue weighted by molar-refractivity contribution is 5.62. The fourth-order valence-electron chi connectivity index (χ4n) is 3.24. The van der Waals surface area contributed by atoms with Crippen LogP contribution in [0.5, 0.6) is 11.5 Å². The maximum atomic E-state index is 6.02. The topological polar surface area (TPSA) is 53.7 Å². The molecule has 104 valence electrons. The minimum Gasteiger partial charge on any atom is -0.490 e. The number of rotatable bonds is 3. The molecule has 0 saturated heterocycles. The maximum absolute atomic E-state index is 6.02. The molecular formula is C15H21NO3. The summed E-state index contributed by atoms with van der Waals surface area (Å²) in [6, 6.07) is 0. The molecule has 0 amide bonds. The highest BCUT2D eigenvalue weighted by Crippen LogP contribution is 2.46. The molecule has 4 nitrogen and oxygen atoms in total. The van der Waals surface area contributed by atoms with Crippen LogP contribution in [0.3, 0.4) is 0 Å². The molecule has 0 aromatic heterocycles. The van der Waals surface area contributed by atoms with Crippen LogP contribution < -0.4 is 15.4 Å². The molecule has 2 aliphatic rings. The van der Waals surface area contributed by atoms with Crippen molar-refractivity contribution in [3.8, 4) is 11.5 Å². The van der Waals surface area contributed by atoms with Crippen LogP contribution in [0.1, 0.15) is 36.1 Å². The molecule has 19 heavy (non-hydrogen) atoms. The maximum Gasteiger partial charge on any atom is 0.127 e. The van der Waals surface area contributed by atoms with Gasteiger partial charge in [0.25, 0.3) is 0 Å². The molecule has 2 atom stereocenters. The van der Waals surface area contributed by atoms with Gasteiger partial charge in [0.05, 0.1) is 6.61 Å². The van der Waals surface area contributed by atoms with Crippen molar-refractivity contribution in [2.45, 2.75) is 52.2 Å². The van der Waals surface area contributed by atoms with Crippen molar-refractivity contribution >= 4 is 0 Å². The molecule has 0 saturated carbocycles. The average Bonchev–Trinajstić information content (AvgIpc) is 2.93. The summed E-state index contributed by atoms with van der Waals surface area (Å²) in [6.45, 7) is 6.86. The summed E-state index contributed by atoms with van der Waals surface area (Å²) in [7, 11) is 0. The van der Waals surface area contributed by atoms with Gasteiger partial charge in [-0.25, -0.2) is 5.90 Å². The fraction of sp³-hybridized carbons (Fsp3) is 0.600. The standard InChI is InChI=1S/C15H21NO3/c1-8-6-12-10(3)14-13(7-9(2)18-14)11(4-5-17-16)15(12)19-8/h8-9H,4-7,16H2,1-3H3. The molecule has 2 aliphatic heterocycles. The van der Waals surface area contributed by atoms with E-state index in [9.17, 15) is 0 Å². The van der Waals surface area contributed by atoms with Gasteiger partial charge in [-0.05, 0) is 26.3 Å². The highest BCUT2D eigenvalue weighted by Gasteiger charge is 2.33. The lowest BCUT2D eigenvalue weighted by atomic mass is 9.92. The van der Waals surface area contributed by atoms with Gasteiger partial charge in [0, 0.05) is 36.0 Å². The number of ether oxygens (including phenoxy) is 2. The second kappa shape index (κ2) is 4.69. The largest absolute Gasteiger partial charge is 0.490 e. The van der Waals surface area contributed by atoms with E-state index in [4.69, 9.17) is 20.2 Å². The summed E-state index contributed by atoms with van der Waals surface area (Å²) in [5.74, 6) is 7.30. The van der Waals surface area contributed by atoms with Gasteiger partial charge in [0.15, 0.2) is 0 Å². The van der Waals surface area contributed by atoms with Crippen molar-refractivity contribution in [1.29, 1.82) is 0 Å². The number of nitrogens with two attached hydrogens (primary N) is 1. The molecule has 3 rings (SSSR count). The number of benzene rings is 1. The van der Waals surface area contributed by atoms with E-state index >= 15 is 0 Å². The summed E-state index contributed by atoms with van der Waals surface area (Å²) in [6.07, 6.45) is 3.17. The predicted octanol–water partition coefficient (Wildman–Crippen LogP) is 2.07. The smallest absolute Gasteiger partial charge is 0.127 e. The van der Waals surface area contributed by atoms with E-state index in [1.807, 2.05) is 0 Å². The third kappa shape index (κ3) is 1.99. The van der Waals surface area contributed by atoms with Crippen molar-refractivity contribution in [2.75, 3.05) is 6.61 Å². The summed E-state index contributed by atoms with van der Waals surface area (Å²) in [5, 5.41) is 0. The Morgan fingerprint density at radius 1 is 1.11 bits per heavy atom. The van der Waals surface area contributed by atoms with Crippen molar-refractivity contribution < 1.29 is 14.3 Å². The SMILES string of the molecule is Cc1c2c(c(CCON)c3c1OC(C)C3)OC(C)C2. The Morgan fingerprint density at radius 2 is 1.74 bits per heavy atom. The second-order valence-corrected chi connectivity index (χ2v) is 5.60. The van der Waals surface area contributed by atoms with E-state index < -0.39 is 0 Å². The van der Waals surface area contributed by atoms with Gasteiger partial charge in [0.1, 0.15) is 23.7 Å². The first-order valence-electron chi connectivity index (χ1n) is 6.94. The summed E-state index contributed by atoms with van der Waals surface area (Å²) in [4.78, 5) is 4.75. The quantitative estimate of drug-likeness (QED) is 0.848. The molecule has 2 heterocycles. The van der Waals surface area contributed by atoms with E-state index in [2.05, 4.69) is 20.8 Å². The Labute approximate surface area is 113 Å². The molecule has 0 bridgehead atoms. The molecule has 2 N–H and O–H groups in total. The van der Waals surface area contributed by atoms with E-state index in [-0.39, 0.29) is 12.2 Å². The lowest BCUT2D eigenvalue weighted by molar-refractivity contribution is 0.140. The molecule has 1 aromatic rings. The van der Waals surface area contributed by atoms with Crippen LogP contribution in [0, 0.1) is 6.92 Å². The van der Waals surface area contributed by atoms with E-state index in [1.54, 1.807) is 0 Å². The highest BCUT2D eigenvalue weighted by atomic mass is 16.6. The van der Waals surface area contributed by atoms with Gasteiger partial charge in [0.2, 0.25) is 0 Å². The Kier molecular flexibility index (Phi) is 3.15. The van der Waals surface area contributed by atoms with Crippen LogP contribution in [0.15, 0.2) is 0 Å². The van der Waals surface area contributed by atoms with Crippen LogP contribution in [-0.2, 0) is 24.1 Å². The Hall–Kier alpha value is -1.26. The van der Waals surface area contributed by atoms with Crippen molar-refractivity contribution in [2.24, 2.45) is 5.90 Å². The Morgan fingerprint density at radius 3 is 2.42 bits per heavy atom. The first kappa shape index (κ1) is 12.8. The molecule has 0 fully saturated rings. The van der Waals surface area contributed by atoms with E-state index in [0.29, 0.717) is 6.61 Å². The van der Waals surface area contributed by atoms with Gasteiger partial charge in [-0.1, -0.05) is 0 Å². The number of fused-ring (bicyclic) bond motifs is 2. The van der Waals surface area contributed by atoms with Crippen LogP contribution in [0.2, 0.25) is 0 Å². The third-order valence-electron chi connectivity index (χ3n) is 4.07. The zero-order valence-corrected chi connectivity index (χ0v) is 11.8. The summed E-state index contributed by atoms with van der Waals surface area (Å²) in [5.41, 5.74) is 5.06. The molecule has 0 spiro atoms. The van der Waals surface area contributed by atoms with Gasteiger partial charge in [-0.15, -0.1) is 0 Å². The van der Waals surface area contributed by atoms with Gasteiger partial charge < -0.3 is 14.3 Å². The zero-order valence-electron chi connectivity index (χ0n) is 11.8. The Bertz CT molecular complexity index is 474. The van der Waals surface area contributed by atoms with E-state index in [1.165, 1.54) is 22.3 Å². The first-order chi connectivity index (χ1) is 9.11. The van der Waals surface area contributed by atoms with E-state index in [0.717, 1.165) is 30.8 Å². The van der Waals surface area contributed by atoms with Crippen LogP contribution in [0.4, 0.5) is 0 Å². The van der Waals surface area contributed by atoms with Crippen molar-refractivity contribution in [1.82, 2.24) is 0 Å². The van der Waals surface area contributed by atoms with Crippen LogP contribution in [-0.4, -0.2) is 18.8 Å². The molecular weight excluding hydrogens is 242 g/mol. The van der Waals surface area contributed by atoms with Crippen LogP contribution in [0.25, 0.3) is 0 Å². The molecule has 0 aliphatic carbocycles. The Balaban J connectivity index is 2.12. The van der Waals surface area contributed by atoms with Gasteiger partial charge in [-0.3, -0.25) is 0 Å². The van der Waals surface area contributed by atoms with Crippen molar-refractivity contribution in [3.05, 3.63) is 22.3 Å². The lowest BCUT2D eigenvalue weighted by Gasteiger charge is -2.15. The monoisotopic (exact) mass is 263 g/mol. The lowest BCUT2D eigenvalue weighted by Crippen LogP contribution is -2.09. The minimum absolute atomic E-state index is 0.242. The molecule has 4 heteroatoms. The third-order valence-corrected chi connectivity index (χ3v) is 4.07. The second-order valence-electron chi connectivity index (χ2n) is 5.60.